The van der Waals surface area contributed by atoms with Crippen molar-refractivity contribution < 1.29 is 28.8 Å². The first-order chi connectivity index (χ1) is 12.7. The van der Waals surface area contributed by atoms with Crippen molar-refractivity contribution in [1.82, 2.24) is 0 Å². The smallest absolute Gasteiger partial charge is 0.313 e. The van der Waals surface area contributed by atoms with Gasteiger partial charge in [-0.1, -0.05) is 18.2 Å². The van der Waals surface area contributed by atoms with Gasteiger partial charge in [-0.3, -0.25) is 4.79 Å². The molecule has 6 nitrogen and oxygen atoms in total. The highest BCUT2D eigenvalue weighted by Crippen LogP contribution is 2.39. The lowest BCUT2D eigenvalue weighted by Gasteiger charge is -2.19. The minimum atomic E-state index is -0.876. The van der Waals surface area contributed by atoms with Gasteiger partial charge < -0.3 is 24.1 Å². The van der Waals surface area contributed by atoms with Gasteiger partial charge in [0.1, 0.15) is 18.1 Å². The number of carboxylic acids is 1. The lowest BCUT2D eigenvalue weighted by molar-refractivity contribution is -0.133. The Morgan fingerprint density at radius 2 is 1.92 bits per heavy atom. The van der Waals surface area contributed by atoms with Gasteiger partial charge in [-0.2, -0.15) is 0 Å². The van der Waals surface area contributed by atoms with Crippen molar-refractivity contribution in [3.8, 4) is 11.5 Å². The third kappa shape index (κ3) is 4.69. The van der Waals surface area contributed by atoms with Crippen molar-refractivity contribution in [2.75, 3.05) is 26.1 Å². The molecule has 7 heteroatoms. The number of methoxy groups -OCH3 is 1. The Bertz CT molecular complexity index is 740. The molecule has 3 rings (SSSR count). The molecule has 2 aromatic carbocycles. The predicted octanol–water partition coefficient (Wildman–Crippen LogP) is 3.50. The van der Waals surface area contributed by atoms with E-state index in [0.717, 1.165) is 21.8 Å². The Labute approximate surface area is 156 Å². The van der Waals surface area contributed by atoms with Crippen LogP contribution in [0.4, 0.5) is 0 Å². The molecule has 2 aromatic rings. The summed E-state index contributed by atoms with van der Waals surface area (Å²) < 4.78 is 22.4. The largest absolute Gasteiger partial charge is 0.497 e. The second kappa shape index (κ2) is 8.93. The number of benzene rings is 2. The van der Waals surface area contributed by atoms with Crippen molar-refractivity contribution >= 4 is 17.7 Å². The molecule has 1 heterocycles. The van der Waals surface area contributed by atoms with Gasteiger partial charge in [-0.05, 0) is 29.8 Å². The standard InChI is InChI=1S/C19H20O6S/c1-22-14-7-5-13(6-8-14)11-25-15-3-2-4-16(26-12-17(20)21)18(15)19-23-9-10-24-19/h2-8,19H,9-12H2,1H3,(H,20,21). The molecule has 26 heavy (non-hydrogen) atoms. The third-order valence-corrected chi connectivity index (χ3v) is 4.85. The van der Waals surface area contributed by atoms with E-state index >= 15 is 0 Å². The van der Waals surface area contributed by atoms with E-state index in [0.29, 0.717) is 25.6 Å². The van der Waals surface area contributed by atoms with Crippen molar-refractivity contribution in [3.05, 3.63) is 53.6 Å². The molecule has 0 unspecified atom stereocenters. The maximum atomic E-state index is 10.9. The molecule has 1 aliphatic rings. The van der Waals surface area contributed by atoms with E-state index in [-0.39, 0.29) is 5.75 Å². The van der Waals surface area contributed by atoms with Gasteiger partial charge in [0.2, 0.25) is 0 Å². The summed E-state index contributed by atoms with van der Waals surface area (Å²) in [6.45, 7) is 1.37. The minimum absolute atomic E-state index is 0.0400. The van der Waals surface area contributed by atoms with Gasteiger partial charge in [0.25, 0.3) is 0 Å². The van der Waals surface area contributed by atoms with Crippen LogP contribution < -0.4 is 9.47 Å². The van der Waals surface area contributed by atoms with Crippen LogP contribution in [0, 0.1) is 0 Å². The zero-order valence-corrected chi connectivity index (χ0v) is 15.2. The van der Waals surface area contributed by atoms with Crippen LogP contribution in [-0.4, -0.2) is 37.2 Å². The Kier molecular flexibility index (Phi) is 6.38. The van der Waals surface area contributed by atoms with Gasteiger partial charge in [-0.25, -0.2) is 0 Å². The summed E-state index contributed by atoms with van der Waals surface area (Å²) in [5.41, 5.74) is 1.73. The fourth-order valence-corrected chi connectivity index (χ4v) is 3.36. The van der Waals surface area contributed by atoms with Crippen LogP contribution in [0.2, 0.25) is 0 Å². The fourth-order valence-electron chi connectivity index (χ4n) is 2.56. The van der Waals surface area contributed by atoms with Gasteiger partial charge in [-0.15, -0.1) is 11.8 Å². The van der Waals surface area contributed by atoms with E-state index in [1.54, 1.807) is 7.11 Å². The Morgan fingerprint density at radius 1 is 1.19 bits per heavy atom. The molecular formula is C19H20O6S. The molecule has 0 amide bonds. The number of hydrogen-bond acceptors (Lipinski definition) is 6. The first-order valence-corrected chi connectivity index (χ1v) is 9.12. The van der Waals surface area contributed by atoms with E-state index in [4.69, 9.17) is 24.1 Å². The molecule has 1 N–H and O–H groups in total. The molecule has 0 saturated carbocycles. The lowest BCUT2D eigenvalue weighted by atomic mass is 10.2. The monoisotopic (exact) mass is 376 g/mol. The molecule has 1 aliphatic heterocycles. The first-order valence-electron chi connectivity index (χ1n) is 8.14. The van der Waals surface area contributed by atoms with Gasteiger partial charge in [0.05, 0.1) is 31.6 Å². The van der Waals surface area contributed by atoms with E-state index < -0.39 is 12.3 Å². The number of hydrogen-bond donors (Lipinski definition) is 1. The normalized spacial score (nSPS) is 14.3. The van der Waals surface area contributed by atoms with Gasteiger partial charge in [0, 0.05) is 4.90 Å². The summed E-state index contributed by atoms with van der Waals surface area (Å²) in [6.07, 6.45) is -0.543. The quantitative estimate of drug-likeness (QED) is 0.707. The summed E-state index contributed by atoms with van der Waals surface area (Å²) in [4.78, 5) is 11.7. The molecular weight excluding hydrogens is 356 g/mol. The van der Waals surface area contributed by atoms with Crippen molar-refractivity contribution in [1.29, 1.82) is 0 Å². The van der Waals surface area contributed by atoms with Gasteiger partial charge >= 0.3 is 5.97 Å². The topological polar surface area (TPSA) is 74.2 Å². The van der Waals surface area contributed by atoms with Crippen LogP contribution in [0.25, 0.3) is 0 Å². The highest BCUT2D eigenvalue weighted by molar-refractivity contribution is 8.00. The summed E-state index contributed by atoms with van der Waals surface area (Å²) in [5.74, 6) is 0.498. The molecule has 0 aromatic heterocycles. The van der Waals surface area contributed by atoms with Crippen LogP contribution in [-0.2, 0) is 20.9 Å². The van der Waals surface area contributed by atoms with Gasteiger partial charge in [0.15, 0.2) is 6.29 Å². The highest BCUT2D eigenvalue weighted by atomic mass is 32.2. The van der Waals surface area contributed by atoms with E-state index in [9.17, 15) is 4.79 Å². The fraction of sp³-hybridized carbons (Fsp3) is 0.316. The molecule has 0 atom stereocenters. The molecule has 1 saturated heterocycles. The zero-order chi connectivity index (χ0) is 18.4. The van der Waals surface area contributed by atoms with E-state index in [2.05, 4.69) is 0 Å². The van der Waals surface area contributed by atoms with Crippen LogP contribution in [0.3, 0.4) is 0 Å². The van der Waals surface area contributed by atoms with Crippen LogP contribution in [0.15, 0.2) is 47.4 Å². The number of rotatable bonds is 8. The first kappa shape index (κ1) is 18.6. The summed E-state index contributed by atoms with van der Waals surface area (Å²) in [7, 11) is 1.62. The Hall–Kier alpha value is -2.22. The van der Waals surface area contributed by atoms with Crippen molar-refractivity contribution in [2.45, 2.75) is 17.8 Å². The molecule has 138 valence electrons. The maximum Gasteiger partial charge on any atom is 0.313 e. The predicted molar refractivity (Wildman–Crippen MR) is 96.8 cm³/mol. The molecule has 0 bridgehead atoms. The highest BCUT2D eigenvalue weighted by Gasteiger charge is 2.26. The van der Waals surface area contributed by atoms with E-state index in [1.165, 1.54) is 11.8 Å². The SMILES string of the molecule is COc1ccc(COc2cccc(SCC(=O)O)c2C2OCCO2)cc1. The Morgan fingerprint density at radius 3 is 2.58 bits per heavy atom. The number of carbonyl (C=O) groups is 1. The average Bonchev–Trinajstić information content (AvgIpc) is 3.19. The summed E-state index contributed by atoms with van der Waals surface area (Å²) in [6, 6.07) is 13.2. The second-order valence-electron chi connectivity index (χ2n) is 5.56. The molecule has 0 radical (unpaired) electrons. The summed E-state index contributed by atoms with van der Waals surface area (Å²) in [5, 5.41) is 8.97. The van der Waals surface area contributed by atoms with Crippen LogP contribution in [0.1, 0.15) is 17.4 Å². The number of carboxylic acid groups (broad SMARTS) is 1. The number of thioether (sulfide) groups is 1. The van der Waals surface area contributed by atoms with Crippen LogP contribution in [0.5, 0.6) is 11.5 Å². The van der Waals surface area contributed by atoms with E-state index in [1.807, 2.05) is 42.5 Å². The minimum Gasteiger partial charge on any atom is -0.497 e. The number of ether oxygens (including phenoxy) is 4. The third-order valence-electron chi connectivity index (χ3n) is 3.79. The number of aliphatic carboxylic acids is 1. The molecule has 0 aliphatic carbocycles. The summed E-state index contributed by atoms with van der Waals surface area (Å²) >= 11 is 1.23. The van der Waals surface area contributed by atoms with Crippen LogP contribution >= 0.6 is 11.8 Å². The lowest BCUT2D eigenvalue weighted by Crippen LogP contribution is -2.07. The van der Waals surface area contributed by atoms with Crippen molar-refractivity contribution in [3.63, 3.8) is 0 Å². The average molecular weight is 376 g/mol. The molecule has 1 fully saturated rings. The second-order valence-corrected chi connectivity index (χ2v) is 6.58. The Balaban J connectivity index is 1.79. The zero-order valence-electron chi connectivity index (χ0n) is 14.3. The molecule has 0 spiro atoms. The maximum absolute atomic E-state index is 10.9. The van der Waals surface area contributed by atoms with Crippen molar-refractivity contribution in [2.24, 2.45) is 0 Å².